The SMILES string of the molecule is O=C1CNC(c2cccc(F)c2)N1C1CCCC1. The van der Waals surface area contributed by atoms with Gasteiger partial charge in [-0.25, -0.2) is 4.39 Å². The van der Waals surface area contributed by atoms with Gasteiger partial charge in [-0.15, -0.1) is 0 Å². The third-order valence-electron chi connectivity index (χ3n) is 3.90. The van der Waals surface area contributed by atoms with Crippen LogP contribution in [-0.4, -0.2) is 23.4 Å². The molecule has 1 aromatic carbocycles. The topological polar surface area (TPSA) is 32.3 Å². The molecule has 1 N–H and O–H groups in total. The van der Waals surface area contributed by atoms with Gasteiger partial charge in [-0.1, -0.05) is 25.0 Å². The lowest BCUT2D eigenvalue weighted by Crippen LogP contribution is -2.38. The minimum absolute atomic E-state index is 0.135. The van der Waals surface area contributed by atoms with Crippen LogP contribution in [0.5, 0.6) is 0 Å². The van der Waals surface area contributed by atoms with Crippen LogP contribution in [0.3, 0.4) is 0 Å². The first-order valence-corrected chi connectivity index (χ1v) is 6.56. The summed E-state index contributed by atoms with van der Waals surface area (Å²) in [6.45, 7) is 0.359. The molecular weight excluding hydrogens is 231 g/mol. The van der Waals surface area contributed by atoms with E-state index in [0.29, 0.717) is 12.6 Å². The second-order valence-electron chi connectivity index (χ2n) is 5.08. The molecule has 0 bridgehead atoms. The minimum atomic E-state index is -0.250. The Morgan fingerprint density at radius 3 is 2.78 bits per heavy atom. The van der Waals surface area contributed by atoms with E-state index < -0.39 is 0 Å². The van der Waals surface area contributed by atoms with E-state index in [2.05, 4.69) is 5.32 Å². The highest BCUT2D eigenvalue weighted by Crippen LogP contribution is 2.32. The Labute approximate surface area is 106 Å². The van der Waals surface area contributed by atoms with Crippen molar-refractivity contribution in [3.8, 4) is 0 Å². The highest BCUT2D eigenvalue weighted by Gasteiger charge is 2.37. The second-order valence-corrected chi connectivity index (χ2v) is 5.08. The Morgan fingerprint density at radius 1 is 1.28 bits per heavy atom. The maximum absolute atomic E-state index is 13.3. The van der Waals surface area contributed by atoms with Gasteiger partial charge < -0.3 is 4.90 Å². The molecule has 1 aromatic rings. The quantitative estimate of drug-likeness (QED) is 0.870. The van der Waals surface area contributed by atoms with Crippen molar-refractivity contribution in [1.82, 2.24) is 10.2 Å². The molecule has 18 heavy (non-hydrogen) atoms. The summed E-state index contributed by atoms with van der Waals surface area (Å²) < 4.78 is 13.3. The standard InChI is InChI=1S/C14H17FN2O/c15-11-5-3-4-10(8-11)14-16-9-13(18)17(14)12-6-1-2-7-12/h3-5,8,12,14,16H,1-2,6-7,9H2. The van der Waals surface area contributed by atoms with Crippen LogP contribution in [0.2, 0.25) is 0 Å². The van der Waals surface area contributed by atoms with Crippen LogP contribution >= 0.6 is 0 Å². The molecule has 4 heteroatoms. The van der Waals surface area contributed by atoms with E-state index in [1.54, 1.807) is 6.07 Å². The van der Waals surface area contributed by atoms with Gasteiger partial charge in [0.2, 0.25) is 5.91 Å². The van der Waals surface area contributed by atoms with Crippen molar-refractivity contribution in [2.75, 3.05) is 6.54 Å². The van der Waals surface area contributed by atoms with Gasteiger partial charge in [-0.2, -0.15) is 0 Å². The fourth-order valence-corrected chi connectivity index (χ4v) is 3.07. The lowest BCUT2D eigenvalue weighted by Gasteiger charge is -2.30. The number of nitrogens with one attached hydrogen (secondary N) is 1. The van der Waals surface area contributed by atoms with E-state index in [0.717, 1.165) is 18.4 Å². The van der Waals surface area contributed by atoms with Gasteiger partial charge >= 0.3 is 0 Å². The van der Waals surface area contributed by atoms with Crippen LogP contribution in [0.1, 0.15) is 37.4 Å². The minimum Gasteiger partial charge on any atom is -0.319 e. The molecule has 0 aromatic heterocycles. The van der Waals surface area contributed by atoms with Crippen LogP contribution in [0.15, 0.2) is 24.3 Å². The van der Waals surface area contributed by atoms with Crippen LogP contribution in [0.4, 0.5) is 4.39 Å². The molecule has 3 nitrogen and oxygen atoms in total. The van der Waals surface area contributed by atoms with Crippen molar-refractivity contribution in [1.29, 1.82) is 0 Å². The summed E-state index contributed by atoms with van der Waals surface area (Å²) >= 11 is 0. The van der Waals surface area contributed by atoms with Crippen molar-refractivity contribution in [3.63, 3.8) is 0 Å². The molecule has 1 unspecified atom stereocenters. The number of amides is 1. The van der Waals surface area contributed by atoms with Gasteiger partial charge in [-0.3, -0.25) is 10.1 Å². The van der Waals surface area contributed by atoms with Gasteiger partial charge in [0.1, 0.15) is 12.0 Å². The lowest BCUT2D eigenvalue weighted by molar-refractivity contribution is -0.130. The number of hydrogen-bond acceptors (Lipinski definition) is 2. The van der Waals surface area contributed by atoms with Gasteiger partial charge in [0.15, 0.2) is 0 Å². The number of halogens is 1. The fourth-order valence-electron chi connectivity index (χ4n) is 3.07. The molecule has 2 aliphatic rings. The van der Waals surface area contributed by atoms with Crippen molar-refractivity contribution in [3.05, 3.63) is 35.6 Å². The van der Waals surface area contributed by atoms with Crippen LogP contribution in [0.25, 0.3) is 0 Å². The maximum atomic E-state index is 13.3. The van der Waals surface area contributed by atoms with Crippen molar-refractivity contribution in [2.45, 2.75) is 37.9 Å². The fraction of sp³-hybridized carbons (Fsp3) is 0.500. The highest BCUT2D eigenvalue weighted by atomic mass is 19.1. The number of carbonyl (C=O) groups is 1. The van der Waals surface area contributed by atoms with Crippen molar-refractivity contribution >= 4 is 5.91 Å². The zero-order valence-corrected chi connectivity index (χ0v) is 10.2. The molecule has 2 fully saturated rings. The van der Waals surface area contributed by atoms with E-state index in [9.17, 15) is 9.18 Å². The summed E-state index contributed by atoms with van der Waals surface area (Å²) in [5, 5.41) is 3.19. The summed E-state index contributed by atoms with van der Waals surface area (Å²) in [4.78, 5) is 13.9. The zero-order chi connectivity index (χ0) is 12.5. The Balaban J connectivity index is 1.88. The average Bonchev–Trinajstić information content (AvgIpc) is 2.97. The number of benzene rings is 1. The lowest BCUT2D eigenvalue weighted by atomic mass is 10.1. The summed E-state index contributed by atoms with van der Waals surface area (Å²) in [5.41, 5.74) is 0.841. The first-order chi connectivity index (χ1) is 8.75. The summed E-state index contributed by atoms with van der Waals surface area (Å²) in [6, 6.07) is 6.84. The van der Waals surface area contributed by atoms with E-state index in [-0.39, 0.29) is 17.9 Å². The van der Waals surface area contributed by atoms with Gasteiger partial charge in [-0.05, 0) is 30.5 Å². The Bertz CT molecular complexity index is 457. The summed E-state index contributed by atoms with van der Waals surface area (Å²) in [7, 11) is 0. The summed E-state index contributed by atoms with van der Waals surface area (Å²) in [6.07, 6.45) is 4.35. The second kappa shape index (κ2) is 4.69. The molecule has 0 spiro atoms. The predicted octanol–water partition coefficient (Wildman–Crippen LogP) is 2.20. The van der Waals surface area contributed by atoms with Gasteiger partial charge in [0.05, 0.1) is 6.54 Å². The Hall–Kier alpha value is -1.42. The monoisotopic (exact) mass is 248 g/mol. The molecule has 1 atom stereocenters. The van der Waals surface area contributed by atoms with E-state index in [4.69, 9.17) is 0 Å². The number of nitrogens with zero attached hydrogens (tertiary/aromatic N) is 1. The highest BCUT2D eigenvalue weighted by molar-refractivity contribution is 5.81. The third kappa shape index (κ3) is 2.01. The normalized spacial score (nSPS) is 25.1. The first-order valence-electron chi connectivity index (χ1n) is 6.56. The molecule has 1 saturated heterocycles. The van der Waals surface area contributed by atoms with Crippen LogP contribution in [-0.2, 0) is 4.79 Å². The number of hydrogen-bond donors (Lipinski definition) is 1. The van der Waals surface area contributed by atoms with Crippen LogP contribution in [0, 0.1) is 5.82 Å². The first kappa shape index (κ1) is 11.7. The van der Waals surface area contributed by atoms with Gasteiger partial charge in [0.25, 0.3) is 0 Å². The third-order valence-corrected chi connectivity index (χ3v) is 3.90. The number of carbonyl (C=O) groups excluding carboxylic acids is 1. The molecule has 96 valence electrons. The molecule has 1 amide bonds. The van der Waals surface area contributed by atoms with Crippen molar-refractivity contribution < 1.29 is 9.18 Å². The molecule has 1 aliphatic heterocycles. The zero-order valence-electron chi connectivity index (χ0n) is 10.2. The molecular formula is C14H17FN2O. The van der Waals surface area contributed by atoms with E-state index >= 15 is 0 Å². The van der Waals surface area contributed by atoms with E-state index in [1.165, 1.54) is 25.0 Å². The van der Waals surface area contributed by atoms with Gasteiger partial charge in [0, 0.05) is 6.04 Å². The van der Waals surface area contributed by atoms with Crippen molar-refractivity contribution in [2.24, 2.45) is 0 Å². The Kier molecular flexibility index (Phi) is 3.04. The molecule has 1 heterocycles. The number of rotatable bonds is 2. The summed E-state index contributed by atoms with van der Waals surface area (Å²) in [5.74, 6) is -0.115. The largest absolute Gasteiger partial charge is 0.319 e. The Morgan fingerprint density at radius 2 is 2.06 bits per heavy atom. The molecule has 1 saturated carbocycles. The van der Waals surface area contributed by atoms with Crippen LogP contribution < -0.4 is 5.32 Å². The molecule has 1 aliphatic carbocycles. The predicted molar refractivity (Wildman–Crippen MR) is 66.2 cm³/mol. The maximum Gasteiger partial charge on any atom is 0.238 e. The molecule has 0 radical (unpaired) electrons. The van der Waals surface area contributed by atoms with E-state index in [1.807, 2.05) is 11.0 Å². The average molecular weight is 248 g/mol. The smallest absolute Gasteiger partial charge is 0.238 e. The molecule has 3 rings (SSSR count).